The SMILES string of the molecule is O=C(NCc1ccc(CN2CCCC2)cc1)c1cnc2ccccn2c1=O. The quantitative estimate of drug-likeness (QED) is 0.756. The predicted molar refractivity (Wildman–Crippen MR) is 104 cm³/mol. The van der Waals surface area contributed by atoms with Gasteiger partial charge in [0.25, 0.3) is 11.5 Å². The molecule has 1 aliphatic heterocycles. The van der Waals surface area contributed by atoms with Crippen LogP contribution < -0.4 is 10.9 Å². The normalized spacial score (nSPS) is 14.5. The maximum Gasteiger partial charge on any atom is 0.270 e. The Labute approximate surface area is 157 Å². The van der Waals surface area contributed by atoms with E-state index in [4.69, 9.17) is 0 Å². The third-order valence-corrected chi connectivity index (χ3v) is 4.94. The molecule has 0 radical (unpaired) electrons. The summed E-state index contributed by atoms with van der Waals surface area (Å²) in [6.45, 7) is 3.70. The first-order valence-corrected chi connectivity index (χ1v) is 9.25. The Bertz CT molecular complexity index is 1000. The Morgan fingerprint density at radius 2 is 1.78 bits per heavy atom. The fourth-order valence-electron chi connectivity index (χ4n) is 3.42. The molecule has 0 atom stereocenters. The number of amides is 1. The van der Waals surface area contributed by atoms with E-state index in [1.807, 2.05) is 12.1 Å². The van der Waals surface area contributed by atoms with Crippen LogP contribution in [0.3, 0.4) is 0 Å². The van der Waals surface area contributed by atoms with Gasteiger partial charge in [0.15, 0.2) is 0 Å². The van der Waals surface area contributed by atoms with Gasteiger partial charge in [0, 0.05) is 25.5 Å². The zero-order chi connectivity index (χ0) is 18.6. The second kappa shape index (κ2) is 7.72. The van der Waals surface area contributed by atoms with Gasteiger partial charge in [0.1, 0.15) is 11.2 Å². The van der Waals surface area contributed by atoms with Gasteiger partial charge < -0.3 is 5.32 Å². The van der Waals surface area contributed by atoms with E-state index in [1.165, 1.54) is 42.1 Å². The van der Waals surface area contributed by atoms with Gasteiger partial charge in [-0.1, -0.05) is 30.3 Å². The molecule has 0 bridgehead atoms. The van der Waals surface area contributed by atoms with Crippen molar-refractivity contribution in [1.29, 1.82) is 0 Å². The van der Waals surface area contributed by atoms with E-state index in [9.17, 15) is 9.59 Å². The van der Waals surface area contributed by atoms with Crippen molar-refractivity contribution in [2.45, 2.75) is 25.9 Å². The van der Waals surface area contributed by atoms with Crippen LogP contribution in [0.25, 0.3) is 5.65 Å². The lowest BCUT2D eigenvalue weighted by Crippen LogP contribution is -2.31. The molecule has 3 heterocycles. The number of nitrogens with zero attached hydrogens (tertiary/aromatic N) is 3. The lowest BCUT2D eigenvalue weighted by Gasteiger charge is -2.14. The lowest BCUT2D eigenvalue weighted by molar-refractivity contribution is 0.0949. The van der Waals surface area contributed by atoms with Gasteiger partial charge in [-0.25, -0.2) is 4.98 Å². The van der Waals surface area contributed by atoms with E-state index < -0.39 is 5.91 Å². The van der Waals surface area contributed by atoms with Crippen LogP contribution in [-0.2, 0) is 13.1 Å². The summed E-state index contributed by atoms with van der Waals surface area (Å²) in [6.07, 6.45) is 5.52. The van der Waals surface area contributed by atoms with Gasteiger partial charge in [0.05, 0.1) is 0 Å². The molecule has 0 aliphatic carbocycles. The van der Waals surface area contributed by atoms with Crippen LogP contribution in [-0.4, -0.2) is 33.3 Å². The van der Waals surface area contributed by atoms with Crippen molar-refractivity contribution < 1.29 is 4.79 Å². The maximum absolute atomic E-state index is 12.4. The average Bonchev–Trinajstić information content (AvgIpc) is 3.21. The number of likely N-dealkylation sites (tertiary alicyclic amines) is 1. The summed E-state index contributed by atoms with van der Waals surface area (Å²) in [5.41, 5.74) is 2.49. The largest absolute Gasteiger partial charge is 0.348 e. The standard InChI is InChI=1S/C21H22N4O2/c26-20(18-14-22-19-5-1-2-12-25(19)21(18)27)23-13-16-6-8-17(9-7-16)15-24-10-3-4-11-24/h1-2,5-9,12,14H,3-4,10-11,13,15H2,(H,23,26). The molecule has 1 amide bonds. The molecule has 2 aromatic heterocycles. The molecule has 1 N–H and O–H groups in total. The summed E-state index contributed by atoms with van der Waals surface area (Å²) in [4.78, 5) is 31.5. The number of aromatic nitrogens is 2. The molecular formula is C21H22N4O2. The fraction of sp³-hybridized carbons (Fsp3) is 0.286. The van der Waals surface area contributed by atoms with Crippen molar-refractivity contribution in [3.05, 3.63) is 81.9 Å². The minimum atomic E-state index is -0.410. The summed E-state index contributed by atoms with van der Waals surface area (Å²) < 4.78 is 1.38. The average molecular weight is 362 g/mol. The molecule has 1 fully saturated rings. The minimum Gasteiger partial charge on any atom is -0.348 e. The molecule has 3 aromatic rings. The highest BCUT2D eigenvalue weighted by Crippen LogP contribution is 2.13. The van der Waals surface area contributed by atoms with Crippen molar-refractivity contribution in [3.63, 3.8) is 0 Å². The van der Waals surface area contributed by atoms with Crippen molar-refractivity contribution in [1.82, 2.24) is 19.6 Å². The van der Waals surface area contributed by atoms with E-state index in [-0.39, 0.29) is 11.1 Å². The van der Waals surface area contributed by atoms with Gasteiger partial charge in [-0.2, -0.15) is 0 Å². The first-order chi connectivity index (χ1) is 13.2. The number of hydrogen-bond acceptors (Lipinski definition) is 4. The van der Waals surface area contributed by atoms with E-state index in [0.717, 1.165) is 12.1 Å². The molecule has 0 unspecified atom stereocenters. The topological polar surface area (TPSA) is 66.7 Å². The van der Waals surface area contributed by atoms with Crippen molar-refractivity contribution >= 4 is 11.6 Å². The Kier molecular flexibility index (Phi) is 4.98. The number of hydrogen-bond donors (Lipinski definition) is 1. The van der Waals surface area contributed by atoms with Gasteiger partial charge in [-0.15, -0.1) is 0 Å². The van der Waals surface area contributed by atoms with Crippen LogP contribution in [0.15, 0.2) is 59.7 Å². The smallest absolute Gasteiger partial charge is 0.270 e. The monoisotopic (exact) mass is 362 g/mol. The summed E-state index contributed by atoms with van der Waals surface area (Å²) in [5.74, 6) is -0.410. The first kappa shape index (κ1) is 17.4. The Hall–Kier alpha value is -2.99. The molecule has 6 nitrogen and oxygen atoms in total. The van der Waals surface area contributed by atoms with Gasteiger partial charge >= 0.3 is 0 Å². The zero-order valence-electron chi connectivity index (χ0n) is 15.1. The number of carbonyl (C=O) groups is 1. The highest BCUT2D eigenvalue weighted by Gasteiger charge is 2.13. The van der Waals surface area contributed by atoms with Crippen LogP contribution in [0.4, 0.5) is 0 Å². The predicted octanol–water partition coefficient (Wildman–Crippen LogP) is 2.22. The van der Waals surface area contributed by atoms with Gasteiger partial charge in [-0.3, -0.25) is 18.9 Å². The van der Waals surface area contributed by atoms with Crippen LogP contribution in [0.2, 0.25) is 0 Å². The maximum atomic E-state index is 12.4. The summed E-state index contributed by atoms with van der Waals surface area (Å²) in [6, 6.07) is 13.5. The van der Waals surface area contributed by atoms with Crippen LogP contribution in [0.5, 0.6) is 0 Å². The molecule has 138 valence electrons. The summed E-state index contributed by atoms with van der Waals surface area (Å²) in [5, 5.41) is 2.81. The van der Waals surface area contributed by atoms with Crippen LogP contribution in [0.1, 0.15) is 34.3 Å². The number of rotatable bonds is 5. The van der Waals surface area contributed by atoms with Gasteiger partial charge in [0.2, 0.25) is 0 Å². The molecule has 6 heteroatoms. The van der Waals surface area contributed by atoms with Gasteiger partial charge in [-0.05, 0) is 49.2 Å². The summed E-state index contributed by atoms with van der Waals surface area (Å²) >= 11 is 0. The third kappa shape index (κ3) is 3.90. The number of nitrogens with one attached hydrogen (secondary N) is 1. The zero-order valence-corrected chi connectivity index (χ0v) is 15.1. The van der Waals surface area contributed by atoms with Crippen LogP contribution >= 0.6 is 0 Å². The fourth-order valence-corrected chi connectivity index (χ4v) is 3.42. The number of carbonyl (C=O) groups excluding carboxylic acids is 1. The molecule has 1 saturated heterocycles. The Morgan fingerprint density at radius 1 is 1.04 bits per heavy atom. The number of benzene rings is 1. The molecule has 27 heavy (non-hydrogen) atoms. The second-order valence-corrected chi connectivity index (χ2v) is 6.89. The molecule has 1 aliphatic rings. The number of pyridine rings is 1. The van der Waals surface area contributed by atoms with E-state index in [0.29, 0.717) is 12.2 Å². The third-order valence-electron chi connectivity index (χ3n) is 4.94. The molecule has 1 aromatic carbocycles. The van der Waals surface area contributed by atoms with E-state index in [2.05, 4.69) is 27.3 Å². The molecule has 4 rings (SSSR count). The highest BCUT2D eigenvalue weighted by molar-refractivity contribution is 5.93. The van der Waals surface area contributed by atoms with E-state index >= 15 is 0 Å². The molecule has 0 saturated carbocycles. The van der Waals surface area contributed by atoms with Crippen LogP contribution in [0, 0.1) is 0 Å². The van der Waals surface area contributed by atoms with Crippen molar-refractivity contribution in [3.8, 4) is 0 Å². The molecule has 0 spiro atoms. The van der Waals surface area contributed by atoms with E-state index in [1.54, 1.807) is 24.4 Å². The number of fused-ring (bicyclic) bond motifs is 1. The van der Waals surface area contributed by atoms with Crippen molar-refractivity contribution in [2.24, 2.45) is 0 Å². The lowest BCUT2D eigenvalue weighted by atomic mass is 10.1. The minimum absolute atomic E-state index is 0.0457. The van der Waals surface area contributed by atoms with Crippen molar-refractivity contribution in [2.75, 3.05) is 13.1 Å². The molecular weight excluding hydrogens is 340 g/mol. The first-order valence-electron chi connectivity index (χ1n) is 9.25. The Morgan fingerprint density at radius 3 is 2.56 bits per heavy atom. The Balaban J connectivity index is 1.40. The second-order valence-electron chi connectivity index (χ2n) is 6.89. The highest BCUT2D eigenvalue weighted by atomic mass is 16.2. The summed E-state index contributed by atoms with van der Waals surface area (Å²) in [7, 11) is 0.